The molecule has 0 radical (unpaired) electrons. The van der Waals surface area contributed by atoms with Crippen molar-refractivity contribution in [1.82, 2.24) is 5.32 Å². The highest BCUT2D eigenvalue weighted by Gasteiger charge is 2.42. The van der Waals surface area contributed by atoms with Crippen molar-refractivity contribution in [2.45, 2.75) is 25.0 Å². The van der Waals surface area contributed by atoms with E-state index in [1.165, 1.54) is 6.92 Å². The largest absolute Gasteiger partial charge is 0.370 e. The second-order valence-corrected chi connectivity index (χ2v) is 3.91. The van der Waals surface area contributed by atoms with E-state index in [4.69, 9.17) is 4.55 Å². The Morgan fingerprint density at radius 1 is 1.38 bits per heavy atom. The molecule has 0 amide bonds. The van der Waals surface area contributed by atoms with Gasteiger partial charge in [0.15, 0.2) is 0 Å². The number of nitrogens with one attached hydrogen (secondary N) is 1. The maximum Gasteiger partial charge on any atom is 0.370 e. The van der Waals surface area contributed by atoms with Gasteiger partial charge in [-0.2, -0.15) is 17.2 Å². The van der Waals surface area contributed by atoms with E-state index in [0.717, 1.165) is 0 Å². The molecule has 0 saturated heterocycles. The molecule has 0 fully saturated rings. The molecule has 0 aromatic rings. The van der Waals surface area contributed by atoms with Crippen molar-refractivity contribution in [3.05, 3.63) is 0 Å². The lowest BCUT2D eigenvalue weighted by Crippen LogP contribution is -2.27. The predicted octanol–water partition coefficient (Wildman–Crippen LogP) is 1.10. The standard InChI is InChI=1S/C4H8F2O3S.C2H7N/c1-2-3-4(5,6)10(7,8)9;1-3-2/h2-3H2,1H3,(H,7,8,9);3H,1-2H3. The zero-order chi connectivity index (χ0) is 11.1. The molecule has 13 heavy (non-hydrogen) atoms. The van der Waals surface area contributed by atoms with E-state index in [-0.39, 0.29) is 6.42 Å². The molecule has 82 valence electrons. The maximum absolute atomic E-state index is 12.1. The van der Waals surface area contributed by atoms with E-state index in [9.17, 15) is 17.2 Å². The Kier molecular flexibility index (Phi) is 7.28. The minimum Gasteiger partial charge on any atom is -0.323 e. The van der Waals surface area contributed by atoms with Crippen molar-refractivity contribution in [2.75, 3.05) is 14.1 Å². The van der Waals surface area contributed by atoms with Crippen molar-refractivity contribution in [2.24, 2.45) is 0 Å². The van der Waals surface area contributed by atoms with Gasteiger partial charge in [-0.15, -0.1) is 0 Å². The Balaban J connectivity index is 0. The molecule has 0 aliphatic heterocycles. The van der Waals surface area contributed by atoms with E-state index >= 15 is 0 Å². The highest BCUT2D eigenvalue weighted by molar-refractivity contribution is 7.86. The molecule has 0 unspecified atom stereocenters. The first-order valence-electron chi connectivity index (χ1n) is 3.66. The molecule has 4 nitrogen and oxygen atoms in total. The van der Waals surface area contributed by atoms with Crippen molar-refractivity contribution < 1.29 is 21.8 Å². The van der Waals surface area contributed by atoms with Crippen LogP contribution in [0.4, 0.5) is 8.78 Å². The summed E-state index contributed by atoms with van der Waals surface area (Å²) in [6, 6.07) is 0. The number of alkyl halides is 2. The molecule has 0 aromatic heterocycles. The maximum atomic E-state index is 12.1. The highest BCUT2D eigenvalue weighted by atomic mass is 32.2. The fraction of sp³-hybridized carbons (Fsp3) is 1.00. The summed E-state index contributed by atoms with van der Waals surface area (Å²) in [5.41, 5.74) is 0. The first-order chi connectivity index (χ1) is 5.72. The van der Waals surface area contributed by atoms with Crippen molar-refractivity contribution in [3.8, 4) is 0 Å². The van der Waals surface area contributed by atoms with Crippen LogP contribution in [0.2, 0.25) is 0 Å². The first kappa shape index (κ1) is 15.2. The first-order valence-corrected chi connectivity index (χ1v) is 5.10. The number of halogens is 2. The second kappa shape index (κ2) is 6.22. The Bertz CT molecular complexity index is 216. The molecular formula is C6H15F2NO3S. The van der Waals surface area contributed by atoms with Crippen molar-refractivity contribution >= 4 is 10.1 Å². The van der Waals surface area contributed by atoms with E-state index in [1.54, 1.807) is 0 Å². The van der Waals surface area contributed by atoms with Crippen LogP contribution in [-0.4, -0.2) is 32.3 Å². The van der Waals surface area contributed by atoms with Gasteiger partial charge in [-0.3, -0.25) is 4.55 Å². The third-order valence-electron chi connectivity index (χ3n) is 0.918. The van der Waals surface area contributed by atoms with E-state index in [2.05, 4.69) is 5.32 Å². The predicted molar refractivity (Wildman–Crippen MR) is 46.4 cm³/mol. The van der Waals surface area contributed by atoms with Gasteiger partial charge in [0.1, 0.15) is 0 Å². The lowest BCUT2D eigenvalue weighted by Gasteiger charge is -2.09. The summed E-state index contributed by atoms with van der Waals surface area (Å²) < 4.78 is 51.8. The van der Waals surface area contributed by atoms with Crippen molar-refractivity contribution in [3.63, 3.8) is 0 Å². The second-order valence-electron chi connectivity index (χ2n) is 2.36. The molecule has 0 saturated carbocycles. The van der Waals surface area contributed by atoms with Gasteiger partial charge in [0, 0.05) is 6.42 Å². The zero-order valence-corrected chi connectivity index (χ0v) is 8.66. The third kappa shape index (κ3) is 6.85. The van der Waals surface area contributed by atoms with Crippen LogP contribution >= 0.6 is 0 Å². The SMILES string of the molecule is CCCC(F)(F)S(=O)(=O)O.CNC. The molecule has 0 heterocycles. The Morgan fingerprint density at radius 3 is 1.77 bits per heavy atom. The summed E-state index contributed by atoms with van der Waals surface area (Å²) in [7, 11) is -1.45. The Labute approximate surface area is 77.1 Å². The van der Waals surface area contributed by atoms with Crippen LogP contribution in [0.5, 0.6) is 0 Å². The summed E-state index contributed by atoms with van der Waals surface area (Å²) >= 11 is 0. The van der Waals surface area contributed by atoms with Crippen molar-refractivity contribution in [1.29, 1.82) is 0 Å². The molecule has 0 rings (SSSR count). The minimum absolute atomic E-state index is 0.00674. The lowest BCUT2D eigenvalue weighted by atomic mass is 10.3. The van der Waals surface area contributed by atoms with Crippen LogP contribution in [0, 0.1) is 0 Å². The van der Waals surface area contributed by atoms with Gasteiger partial charge in [-0.25, -0.2) is 0 Å². The Morgan fingerprint density at radius 2 is 1.69 bits per heavy atom. The van der Waals surface area contributed by atoms with Crippen LogP contribution in [0.15, 0.2) is 0 Å². The topological polar surface area (TPSA) is 66.4 Å². The summed E-state index contributed by atoms with van der Waals surface area (Å²) in [4.78, 5) is 0. The minimum atomic E-state index is -5.20. The van der Waals surface area contributed by atoms with Gasteiger partial charge < -0.3 is 5.32 Å². The summed E-state index contributed by atoms with van der Waals surface area (Å²) in [5, 5.41) is -1.23. The highest BCUT2D eigenvalue weighted by Crippen LogP contribution is 2.25. The summed E-state index contributed by atoms with van der Waals surface area (Å²) in [6.45, 7) is 1.40. The Hall–Kier alpha value is -0.270. The normalized spacial score (nSPS) is 11.8. The third-order valence-corrected chi connectivity index (χ3v) is 1.88. The van der Waals surface area contributed by atoms with Gasteiger partial charge >= 0.3 is 15.4 Å². The molecule has 0 aromatic carbocycles. The summed E-state index contributed by atoms with van der Waals surface area (Å²) in [6.07, 6.45) is -0.835. The monoisotopic (exact) mass is 219 g/mol. The molecule has 0 aliphatic carbocycles. The quantitative estimate of drug-likeness (QED) is 0.698. The average Bonchev–Trinajstić information content (AvgIpc) is 1.85. The van der Waals surface area contributed by atoms with E-state index < -0.39 is 21.8 Å². The fourth-order valence-electron chi connectivity index (χ4n) is 0.420. The van der Waals surface area contributed by atoms with Crippen LogP contribution in [-0.2, 0) is 10.1 Å². The molecule has 2 N–H and O–H groups in total. The van der Waals surface area contributed by atoms with Gasteiger partial charge in [-0.1, -0.05) is 6.92 Å². The van der Waals surface area contributed by atoms with Gasteiger partial charge in [-0.05, 0) is 20.5 Å². The number of hydrogen-bond donors (Lipinski definition) is 2. The smallest absolute Gasteiger partial charge is 0.323 e. The van der Waals surface area contributed by atoms with Gasteiger partial charge in [0.25, 0.3) is 0 Å². The van der Waals surface area contributed by atoms with E-state index in [0.29, 0.717) is 0 Å². The van der Waals surface area contributed by atoms with Gasteiger partial charge in [0.2, 0.25) is 0 Å². The number of rotatable bonds is 3. The molecule has 7 heteroatoms. The zero-order valence-electron chi connectivity index (χ0n) is 7.84. The molecule has 0 aliphatic rings. The molecule has 0 bridgehead atoms. The fourth-order valence-corrected chi connectivity index (χ4v) is 0.882. The van der Waals surface area contributed by atoms with Gasteiger partial charge in [0.05, 0.1) is 0 Å². The summed E-state index contributed by atoms with van der Waals surface area (Å²) in [5.74, 6) is 0. The van der Waals surface area contributed by atoms with Crippen LogP contribution in [0.3, 0.4) is 0 Å². The molecule has 0 spiro atoms. The molecular weight excluding hydrogens is 204 g/mol. The van der Waals surface area contributed by atoms with Crippen LogP contribution in [0.1, 0.15) is 19.8 Å². The van der Waals surface area contributed by atoms with Crippen LogP contribution in [0.25, 0.3) is 0 Å². The lowest BCUT2D eigenvalue weighted by molar-refractivity contribution is 0.0706. The average molecular weight is 219 g/mol. The number of hydrogen-bond acceptors (Lipinski definition) is 3. The van der Waals surface area contributed by atoms with Crippen LogP contribution < -0.4 is 5.32 Å². The molecule has 0 atom stereocenters. The van der Waals surface area contributed by atoms with E-state index in [1.807, 2.05) is 14.1 Å².